The zero-order valence-corrected chi connectivity index (χ0v) is 27.3. The smallest absolute Gasteiger partial charge is 0.408 e. The topological polar surface area (TPSA) is 120 Å². The van der Waals surface area contributed by atoms with Crippen molar-refractivity contribution in [3.05, 3.63) is 35.9 Å². The molecule has 0 saturated heterocycles. The van der Waals surface area contributed by atoms with Crippen molar-refractivity contribution in [2.75, 3.05) is 26.2 Å². The Morgan fingerprint density at radius 2 is 1.39 bits per heavy atom. The molecule has 0 spiro atoms. The second kappa shape index (κ2) is 16.5. The van der Waals surface area contributed by atoms with E-state index in [1.165, 1.54) is 0 Å². The summed E-state index contributed by atoms with van der Waals surface area (Å²) in [5.41, 5.74) is -0.538. The van der Waals surface area contributed by atoms with Gasteiger partial charge in [0.05, 0.1) is 19.7 Å². The average molecular weight is 595 g/mol. The molecule has 1 aromatic carbocycles. The lowest BCUT2D eigenvalue weighted by molar-refractivity contribution is -0.160. The summed E-state index contributed by atoms with van der Waals surface area (Å²) in [7, 11) is -1.43. The van der Waals surface area contributed by atoms with Crippen molar-refractivity contribution in [2.24, 2.45) is 0 Å². The van der Waals surface area contributed by atoms with E-state index in [1.54, 1.807) is 46.4 Å². The molecule has 0 bridgehead atoms. The van der Waals surface area contributed by atoms with E-state index in [0.717, 1.165) is 11.6 Å². The Morgan fingerprint density at radius 1 is 0.854 bits per heavy atom. The Labute approximate surface area is 246 Å². The van der Waals surface area contributed by atoms with Crippen LogP contribution in [0.2, 0.25) is 25.7 Å². The van der Waals surface area contributed by atoms with Gasteiger partial charge in [-0.15, -0.1) is 0 Å². The van der Waals surface area contributed by atoms with Gasteiger partial charge in [-0.3, -0.25) is 14.5 Å². The van der Waals surface area contributed by atoms with Gasteiger partial charge in [-0.1, -0.05) is 50.0 Å². The lowest BCUT2D eigenvalue weighted by atomic mass is 10.1. The Hall–Kier alpha value is -2.92. The highest BCUT2D eigenvalue weighted by Crippen LogP contribution is 2.12. The van der Waals surface area contributed by atoms with Crippen molar-refractivity contribution in [3.8, 4) is 0 Å². The number of amides is 1. The lowest BCUT2D eigenvalue weighted by Crippen LogP contribution is -2.44. The Bertz CT molecular complexity index is 951. The number of carbonyl (C=O) groups excluding carboxylic acids is 4. The average Bonchev–Trinajstić information content (AvgIpc) is 2.79. The van der Waals surface area contributed by atoms with Crippen molar-refractivity contribution in [3.63, 3.8) is 0 Å². The predicted molar refractivity (Wildman–Crippen MR) is 160 cm³/mol. The van der Waals surface area contributed by atoms with Gasteiger partial charge in [0, 0.05) is 8.07 Å². The van der Waals surface area contributed by atoms with E-state index in [1.807, 2.05) is 30.3 Å². The van der Waals surface area contributed by atoms with Crippen LogP contribution >= 0.6 is 0 Å². The van der Waals surface area contributed by atoms with Gasteiger partial charge in [-0.25, -0.2) is 9.59 Å². The maximum absolute atomic E-state index is 12.9. The number of rotatable bonds is 15. The number of carbonyl (C=O) groups is 4. The summed E-state index contributed by atoms with van der Waals surface area (Å²) in [6.07, 6.45) is -0.149. The zero-order chi connectivity index (χ0) is 31.3. The summed E-state index contributed by atoms with van der Waals surface area (Å²) in [5, 5.41) is 2.63. The van der Waals surface area contributed by atoms with Gasteiger partial charge in [-0.2, -0.15) is 0 Å². The predicted octanol–water partition coefficient (Wildman–Crippen LogP) is 4.93. The van der Waals surface area contributed by atoms with Gasteiger partial charge in [0.15, 0.2) is 0 Å². The molecule has 0 unspecified atom stereocenters. The maximum Gasteiger partial charge on any atom is 0.408 e. The molecule has 0 aromatic heterocycles. The first-order valence-corrected chi connectivity index (χ1v) is 17.8. The fourth-order valence-electron chi connectivity index (χ4n) is 3.56. The third-order valence-electron chi connectivity index (χ3n) is 5.40. The molecule has 0 aliphatic heterocycles. The number of hydrogen-bond donors (Lipinski definition) is 1. The first kappa shape index (κ1) is 36.1. The maximum atomic E-state index is 12.9. The molecular weight excluding hydrogens is 544 g/mol. The standard InChI is InChI=1S/C30H50N2O8Si/c1-29(2,3)39-25(33)20-32(21-26(34)40-30(4,5)6)17-13-16-24(27(35)37-18-19-41(7,8)9)31-28(36)38-22-23-14-11-10-12-15-23/h10-12,14-15,24H,13,16-22H2,1-9H3,(H,31,36)/t24-/m0/s1. The van der Waals surface area contributed by atoms with E-state index >= 15 is 0 Å². The van der Waals surface area contributed by atoms with Crippen molar-refractivity contribution in [1.29, 1.82) is 0 Å². The Morgan fingerprint density at radius 3 is 1.88 bits per heavy atom. The van der Waals surface area contributed by atoms with Gasteiger partial charge in [0.25, 0.3) is 0 Å². The van der Waals surface area contributed by atoms with E-state index in [0.29, 0.717) is 6.42 Å². The molecule has 0 heterocycles. The van der Waals surface area contributed by atoms with E-state index in [9.17, 15) is 19.2 Å². The quantitative estimate of drug-likeness (QED) is 0.171. The minimum atomic E-state index is -1.43. The van der Waals surface area contributed by atoms with Crippen molar-refractivity contribution in [2.45, 2.75) is 104 Å². The van der Waals surface area contributed by atoms with Gasteiger partial charge < -0.3 is 24.3 Å². The number of benzene rings is 1. The van der Waals surface area contributed by atoms with Crippen LogP contribution in [-0.2, 0) is 39.9 Å². The van der Waals surface area contributed by atoms with E-state index in [2.05, 4.69) is 25.0 Å². The van der Waals surface area contributed by atoms with Crippen LogP contribution in [0.1, 0.15) is 59.9 Å². The van der Waals surface area contributed by atoms with Gasteiger partial charge >= 0.3 is 24.0 Å². The minimum Gasteiger partial charge on any atom is -0.464 e. The van der Waals surface area contributed by atoms with Crippen molar-refractivity contribution < 1.29 is 38.1 Å². The second-order valence-electron chi connectivity index (χ2n) is 13.3. The molecule has 10 nitrogen and oxygen atoms in total. The summed E-state index contributed by atoms with van der Waals surface area (Å²) in [6, 6.07) is 9.06. The molecule has 1 amide bonds. The molecule has 1 N–H and O–H groups in total. The fourth-order valence-corrected chi connectivity index (χ4v) is 4.27. The van der Waals surface area contributed by atoms with Gasteiger partial charge in [-0.05, 0) is 72.5 Å². The fraction of sp³-hybridized carbons (Fsp3) is 0.667. The van der Waals surface area contributed by atoms with Crippen LogP contribution in [0.3, 0.4) is 0 Å². The number of hydrogen-bond acceptors (Lipinski definition) is 9. The van der Waals surface area contributed by atoms with Crippen molar-refractivity contribution in [1.82, 2.24) is 10.2 Å². The zero-order valence-electron chi connectivity index (χ0n) is 26.3. The van der Waals surface area contributed by atoms with E-state index in [4.69, 9.17) is 18.9 Å². The first-order chi connectivity index (χ1) is 18.8. The minimum absolute atomic E-state index is 0.0591. The number of nitrogens with one attached hydrogen (secondary N) is 1. The molecule has 1 atom stereocenters. The number of esters is 3. The second-order valence-corrected chi connectivity index (χ2v) is 18.9. The van der Waals surface area contributed by atoms with Crippen LogP contribution in [-0.4, -0.2) is 80.5 Å². The number of ether oxygens (including phenoxy) is 4. The molecule has 0 fully saturated rings. The largest absolute Gasteiger partial charge is 0.464 e. The van der Waals surface area contributed by atoms with Gasteiger partial charge in [0.1, 0.15) is 23.9 Å². The van der Waals surface area contributed by atoms with Crippen molar-refractivity contribution >= 4 is 32.1 Å². The summed E-state index contributed by atoms with van der Waals surface area (Å²) in [4.78, 5) is 52.1. The molecule has 1 rings (SSSR count). The van der Waals surface area contributed by atoms with Gasteiger partial charge in [0.2, 0.25) is 0 Å². The summed E-state index contributed by atoms with van der Waals surface area (Å²) < 4.78 is 21.7. The highest BCUT2D eigenvalue weighted by molar-refractivity contribution is 6.76. The first-order valence-electron chi connectivity index (χ1n) is 14.1. The number of nitrogens with zero attached hydrogens (tertiary/aromatic N) is 1. The molecule has 0 aliphatic rings. The highest BCUT2D eigenvalue weighted by Gasteiger charge is 2.27. The summed E-state index contributed by atoms with van der Waals surface area (Å²) in [5.74, 6) is -1.51. The molecule has 0 saturated carbocycles. The van der Waals surface area contributed by atoms with Crippen LogP contribution in [0.5, 0.6) is 0 Å². The molecule has 0 aliphatic carbocycles. The number of alkyl carbamates (subject to hydrolysis) is 1. The molecule has 0 radical (unpaired) electrons. The van der Waals surface area contributed by atoms with Crippen LogP contribution in [0, 0.1) is 0 Å². The van der Waals surface area contributed by atoms with Crippen LogP contribution in [0.25, 0.3) is 0 Å². The van der Waals surface area contributed by atoms with Crippen LogP contribution < -0.4 is 5.32 Å². The van der Waals surface area contributed by atoms with Crippen LogP contribution in [0.15, 0.2) is 30.3 Å². The third-order valence-corrected chi connectivity index (χ3v) is 7.10. The highest BCUT2D eigenvalue weighted by atomic mass is 28.3. The van der Waals surface area contributed by atoms with E-state index < -0.39 is 49.3 Å². The molecular formula is C30H50N2O8Si. The third kappa shape index (κ3) is 18.9. The SMILES string of the molecule is CC(C)(C)OC(=O)CN(CCC[C@H](NC(=O)OCc1ccccc1)C(=O)OCC[Si](C)(C)C)CC(=O)OC(C)(C)C. The monoisotopic (exact) mass is 594 g/mol. The Kier molecular flexibility index (Phi) is 14.5. The molecule has 11 heteroatoms. The lowest BCUT2D eigenvalue weighted by Gasteiger charge is -2.26. The Balaban J connectivity index is 2.88. The summed E-state index contributed by atoms with van der Waals surface area (Å²) in [6.45, 7) is 17.5. The van der Waals surface area contributed by atoms with E-state index in [-0.39, 0.29) is 39.3 Å². The molecule has 1 aromatic rings. The summed E-state index contributed by atoms with van der Waals surface area (Å²) >= 11 is 0. The van der Waals surface area contributed by atoms with Crippen LogP contribution in [0.4, 0.5) is 4.79 Å². The molecule has 41 heavy (non-hydrogen) atoms. The molecule has 232 valence electrons. The normalized spacial score (nSPS) is 12.8.